The number of unbranched alkanes of at least 4 members (excludes halogenated alkanes) is 6. The van der Waals surface area contributed by atoms with Crippen molar-refractivity contribution in [1.29, 1.82) is 0 Å². The van der Waals surface area contributed by atoms with Crippen molar-refractivity contribution in [3.8, 4) is 5.75 Å². The number of carboxylic acids is 1. The van der Waals surface area contributed by atoms with E-state index in [-0.39, 0.29) is 29.8 Å². The molecule has 0 saturated heterocycles. The smallest absolute Gasteiger partial charge is 0.343 e. The number of methoxy groups -OCH3 is 1. The number of rotatable bonds is 20. The molecule has 0 aliphatic heterocycles. The number of Topliss-reactive ketones (excluding diaryl/α,β-unsaturated/α-hetero) is 1. The molecule has 0 spiro atoms. The molecule has 40 heavy (non-hydrogen) atoms. The fourth-order valence-electron chi connectivity index (χ4n) is 4.47. The summed E-state index contributed by atoms with van der Waals surface area (Å²) in [4.78, 5) is 35.5. The number of thioether (sulfide) groups is 1. The molecule has 2 aromatic carbocycles. The summed E-state index contributed by atoms with van der Waals surface area (Å²) in [5.74, 6) is -1.38. The van der Waals surface area contributed by atoms with Crippen molar-refractivity contribution < 1.29 is 34.1 Å². The topological polar surface area (TPSA) is 110 Å². The minimum Gasteiger partial charge on any atom is -0.481 e. The van der Waals surface area contributed by atoms with E-state index in [0.717, 1.165) is 23.3 Å². The van der Waals surface area contributed by atoms with Gasteiger partial charge in [-0.1, -0.05) is 69.7 Å². The van der Waals surface area contributed by atoms with Crippen molar-refractivity contribution in [2.24, 2.45) is 0 Å². The third-order valence-electron chi connectivity index (χ3n) is 6.79. The van der Waals surface area contributed by atoms with E-state index in [0.29, 0.717) is 18.4 Å². The average molecular weight is 573 g/mol. The maximum Gasteiger partial charge on any atom is 0.343 e. The van der Waals surface area contributed by atoms with E-state index in [9.17, 15) is 19.5 Å². The molecule has 0 heterocycles. The minimum atomic E-state index is -0.890. The van der Waals surface area contributed by atoms with Crippen LogP contribution in [0.15, 0.2) is 47.4 Å². The van der Waals surface area contributed by atoms with Crippen LogP contribution in [0.1, 0.15) is 105 Å². The zero-order chi connectivity index (χ0) is 29.3. The van der Waals surface area contributed by atoms with E-state index in [2.05, 4.69) is 23.8 Å². The van der Waals surface area contributed by atoms with Crippen LogP contribution in [0.5, 0.6) is 5.75 Å². The number of aliphatic hydroxyl groups is 1. The predicted molar refractivity (Wildman–Crippen MR) is 158 cm³/mol. The number of aliphatic hydroxyl groups excluding tert-OH is 1. The molecule has 0 amide bonds. The summed E-state index contributed by atoms with van der Waals surface area (Å²) in [6.45, 7) is 3.33. The highest BCUT2D eigenvalue weighted by Gasteiger charge is 2.24. The number of aryl methyl sites for hydroxylation is 1. The van der Waals surface area contributed by atoms with Crippen molar-refractivity contribution in [3.05, 3.63) is 59.2 Å². The molecule has 8 heteroatoms. The second-order valence-electron chi connectivity index (χ2n) is 10.1. The summed E-state index contributed by atoms with van der Waals surface area (Å²) in [5, 5.41) is 19.8. The van der Waals surface area contributed by atoms with Crippen molar-refractivity contribution in [2.75, 3.05) is 13.7 Å². The largest absolute Gasteiger partial charge is 0.481 e. The lowest BCUT2D eigenvalue weighted by molar-refractivity contribution is -0.143. The van der Waals surface area contributed by atoms with E-state index in [4.69, 9.17) is 9.84 Å². The van der Waals surface area contributed by atoms with E-state index in [1.54, 1.807) is 18.2 Å². The summed E-state index contributed by atoms with van der Waals surface area (Å²) in [6, 6.07) is 13.4. The summed E-state index contributed by atoms with van der Waals surface area (Å²) in [7, 11) is 1.26. The Morgan fingerprint density at radius 3 is 2.23 bits per heavy atom. The number of esters is 1. The average Bonchev–Trinajstić information content (AvgIpc) is 2.94. The van der Waals surface area contributed by atoms with Crippen LogP contribution < -0.4 is 4.74 Å². The zero-order valence-corrected chi connectivity index (χ0v) is 24.8. The highest BCUT2D eigenvalue weighted by molar-refractivity contribution is 7.99. The molecule has 0 saturated carbocycles. The first kappa shape index (κ1) is 33.4. The molecule has 2 rings (SSSR count). The van der Waals surface area contributed by atoms with Gasteiger partial charge in [0, 0.05) is 11.3 Å². The molecule has 0 aromatic heterocycles. The number of carboxylic acid groups (broad SMARTS) is 1. The number of carbonyl (C=O) groups is 3. The Bertz CT molecular complexity index is 1070. The van der Waals surface area contributed by atoms with E-state index >= 15 is 0 Å². The zero-order valence-electron chi connectivity index (χ0n) is 24.0. The van der Waals surface area contributed by atoms with Gasteiger partial charge in [0.15, 0.2) is 12.4 Å². The highest BCUT2D eigenvalue weighted by Crippen LogP contribution is 2.41. The third-order valence-corrected chi connectivity index (χ3v) is 8.15. The Balaban J connectivity index is 2.17. The van der Waals surface area contributed by atoms with Gasteiger partial charge in [-0.3, -0.25) is 9.59 Å². The molecule has 2 aromatic rings. The third kappa shape index (κ3) is 12.1. The van der Waals surface area contributed by atoms with Gasteiger partial charge in [0.1, 0.15) is 5.75 Å². The molecule has 2 unspecified atom stereocenters. The number of carbonyl (C=O) groups excluding carboxylic acids is 2. The lowest BCUT2D eigenvalue weighted by Gasteiger charge is -2.24. The Kier molecular flexibility index (Phi) is 15.4. The van der Waals surface area contributed by atoms with Crippen LogP contribution in [0.25, 0.3) is 0 Å². The minimum absolute atomic E-state index is 0.00927. The number of hydrogen-bond donors (Lipinski definition) is 2. The number of aliphatic carboxylic acids is 1. The summed E-state index contributed by atoms with van der Waals surface area (Å²) in [5.41, 5.74) is 2.54. The van der Waals surface area contributed by atoms with Crippen LogP contribution in [0.3, 0.4) is 0 Å². The number of hydrogen-bond acceptors (Lipinski definition) is 7. The molecule has 0 bridgehead atoms. The van der Waals surface area contributed by atoms with E-state index in [1.165, 1.54) is 69.9 Å². The Hall–Kier alpha value is -2.84. The second kappa shape index (κ2) is 18.5. The molecule has 7 nitrogen and oxygen atoms in total. The fourth-order valence-corrected chi connectivity index (χ4v) is 5.67. The maximum atomic E-state index is 12.1. The monoisotopic (exact) mass is 572 g/mol. The van der Waals surface area contributed by atoms with Crippen molar-refractivity contribution in [3.63, 3.8) is 0 Å². The van der Waals surface area contributed by atoms with Gasteiger partial charge in [-0.25, -0.2) is 4.79 Å². The molecule has 220 valence electrons. The van der Waals surface area contributed by atoms with Gasteiger partial charge in [0.2, 0.25) is 0 Å². The van der Waals surface area contributed by atoms with Gasteiger partial charge in [-0.2, -0.15) is 0 Å². The Morgan fingerprint density at radius 1 is 0.925 bits per heavy atom. The van der Waals surface area contributed by atoms with Gasteiger partial charge >= 0.3 is 11.9 Å². The quantitative estimate of drug-likeness (QED) is 0.0743. The SMILES string of the molecule is CCCCCCCCCc1ccc(C(Sc2ccc(C(C)=O)c(OCC(=O)OC)c2)C(O)CCCC(=O)O)cc1. The molecule has 0 radical (unpaired) electrons. The standard InChI is InChI=1S/C32H44O7S/c1-4-5-6-7-8-9-10-12-24-15-17-25(18-16-24)32(28(34)13-11-14-30(35)36)40-26-19-20-27(23(2)33)29(21-26)39-22-31(37)38-3/h15-21,28,32,34H,4-14,22H2,1-3H3,(H,35,36). The van der Waals surface area contributed by atoms with Gasteiger partial charge < -0.3 is 19.7 Å². The maximum absolute atomic E-state index is 12.1. The first-order valence-corrected chi connectivity index (χ1v) is 15.1. The molecular formula is C32H44O7S. The summed E-state index contributed by atoms with van der Waals surface area (Å²) >= 11 is 1.42. The lowest BCUT2D eigenvalue weighted by Crippen LogP contribution is -2.17. The van der Waals surface area contributed by atoms with Crippen LogP contribution in [0.4, 0.5) is 0 Å². The van der Waals surface area contributed by atoms with E-state index < -0.39 is 18.0 Å². The van der Waals surface area contributed by atoms with Crippen molar-refractivity contribution >= 4 is 29.5 Å². The molecule has 0 aliphatic rings. The first-order valence-electron chi connectivity index (χ1n) is 14.2. The van der Waals surface area contributed by atoms with Gasteiger partial charge in [0.05, 0.1) is 24.0 Å². The van der Waals surface area contributed by atoms with Gasteiger partial charge in [-0.15, -0.1) is 11.8 Å². The van der Waals surface area contributed by atoms with Crippen molar-refractivity contribution in [1.82, 2.24) is 0 Å². The molecule has 2 atom stereocenters. The summed E-state index contributed by atoms with van der Waals surface area (Å²) < 4.78 is 10.2. The molecule has 0 aliphatic carbocycles. The predicted octanol–water partition coefficient (Wildman–Crippen LogP) is 7.18. The van der Waals surface area contributed by atoms with E-state index in [1.807, 2.05) is 12.1 Å². The Labute approximate surface area is 242 Å². The van der Waals surface area contributed by atoms with Crippen LogP contribution in [-0.2, 0) is 20.7 Å². The van der Waals surface area contributed by atoms with Gasteiger partial charge in [0.25, 0.3) is 0 Å². The highest BCUT2D eigenvalue weighted by atomic mass is 32.2. The number of ketones is 1. The van der Waals surface area contributed by atoms with Crippen LogP contribution >= 0.6 is 11.8 Å². The summed E-state index contributed by atoms with van der Waals surface area (Å²) in [6.07, 6.45) is 9.75. The van der Waals surface area contributed by atoms with Crippen LogP contribution in [-0.4, -0.2) is 47.8 Å². The number of benzene rings is 2. The molecule has 2 N–H and O–H groups in total. The van der Waals surface area contributed by atoms with Crippen molar-refractivity contribution in [2.45, 2.75) is 101 Å². The second-order valence-corrected chi connectivity index (χ2v) is 11.3. The number of ether oxygens (including phenoxy) is 2. The Morgan fingerprint density at radius 2 is 1.60 bits per heavy atom. The van der Waals surface area contributed by atoms with Crippen LogP contribution in [0, 0.1) is 0 Å². The molecular weight excluding hydrogens is 528 g/mol. The first-order chi connectivity index (χ1) is 19.2. The lowest BCUT2D eigenvalue weighted by atomic mass is 9.99. The van der Waals surface area contributed by atoms with Crippen LogP contribution in [0.2, 0.25) is 0 Å². The molecule has 0 fully saturated rings. The normalized spacial score (nSPS) is 12.5. The van der Waals surface area contributed by atoms with Gasteiger partial charge in [-0.05, 0) is 61.9 Å². The fraction of sp³-hybridized carbons (Fsp3) is 0.531.